The molecule has 1 saturated carbocycles. The molecule has 1 aromatic carbocycles. The summed E-state index contributed by atoms with van der Waals surface area (Å²) in [6.07, 6.45) is 1.78. The minimum Gasteiger partial charge on any atom is -0.490 e. The Morgan fingerprint density at radius 1 is 1.21 bits per heavy atom. The summed E-state index contributed by atoms with van der Waals surface area (Å²) in [5.41, 5.74) is 6.04. The molecule has 104 valence electrons. The van der Waals surface area contributed by atoms with Crippen LogP contribution in [0.5, 0.6) is 11.5 Å². The molecule has 19 heavy (non-hydrogen) atoms. The number of rotatable bonds is 7. The maximum absolute atomic E-state index is 12.4. The van der Waals surface area contributed by atoms with Gasteiger partial charge in [-0.1, -0.05) is 0 Å². The molecule has 2 N–H and O–H groups in total. The van der Waals surface area contributed by atoms with Crippen LogP contribution in [0.15, 0.2) is 18.2 Å². The van der Waals surface area contributed by atoms with Gasteiger partial charge >= 0.3 is 0 Å². The van der Waals surface area contributed by atoms with Crippen molar-refractivity contribution in [1.82, 2.24) is 0 Å². The Kier molecular flexibility index (Phi) is 4.10. The molecule has 0 heterocycles. The number of benzene rings is 1. The quantitative estimate of drug-likeness (QED) is 0.767. The largest absolute Gasteiger partial charge is 0.490 e. The summed E-state index contributed by atoms with van der Waals surface area (Å²) < 4.78 is 11.0. The average molecular weight is 263 g/mol. The average Bonchev–Trinajstić information content (AvgIpc) is 3.21. The lowest BCUT2D eigenvalue weighted by atomic mass is 9.94. The van der Waals surface area contributed by atoms with Crippen LogP contribution < -0.4 is 15.2 Å². The minimum atomic E-state index is -0.323. The SMILES string of the molecule is CCOc1ccc(C(=O)C2(CN)CC2)cc1OCC. The summed E-state index contributed by atoms with van der Waals surface area (Å²) in [6, 6.07) is 5.37. The van der Waals surface area contributed by atoms with Gasteiger partial charge in [-0.25, -0.2) is 0 Å². The highest BCUT2D eigenvalue weighted by atomic mass is 16.5. The molecule has 1 fully saturated rings. The van der Waals surface area contributed by atoms with Gasteiger partial charge in [0, 0.05) is 17.5 Å². The first kappa shape index (κ1) is 13.9. The summed E-state index contributed by atoms with van der Waals surface area (Å²) in [4.78, 5) is 12.4. The van der Waals surface area contributed by atoms with Crippen LogP contribution in [0.4, 0.5) is 0 Å². The topological polar surface area (TPSA) is 61.5 Å². The van der Waals surface area contributed by atoms with Gasteiger partial charge in [0.15, 0.2) is 17.3 Å². The predicted octanol–water partition coefficient (Wildman–Crippen LogP) is 2.41. The molecule has 1 aliphatic carbocycles. The van der Waals surface area contributed by atoms with Crippen molar-refractivity contribution in [3.05, 3.63) is 23.8 Å². The fraction of sp³-hybridized carbons (Fsp3) is 0.533. The highest BCUT2D eigenvalue weighted by Crippen LogP contribution is 2.47. The molecule has 0 saturated heterocycles. The fourth-order valence-electron chi connectivity index (χ4n) is 2.17. The number of hydrogen-bond acceptors (Lipinski definition) is 4. The minimum absolute atomic E-state index is 0.124. The lowest BCUT2D eigenvalue weighted by Gasteiger charge is -2.15. The van der Waals surface area contributed by atoms with E-state index in [0.717, 1.165) is 12.8 Å². The molecule has 0 aromatic heterocycles. The van der Waals surface area contributed by atoms with E-state index in [9.17, 15) is 4.79 Å². The van der Waals surface area contributed by atoms with Crippen molar-refractivity contribution >= 4 is 5.78 Å². The number of Topliss-reactive ketones (excluding diaryl/α,β-unsaturated/α-hetero) is 1. The zero-order valence-electron chi connectivity index (χ0n) is 11.6. The van der Waals surface area contributed by atoms with Gasteiger partial charge < -0.3 is 15.2 Å². The van der Waals surface area contributed by atoms with Gasteiger partial charge in [-0.05, 0) is 44.9 Å². The smallest absolute Gasteiger partial charge is 0.170 e. The van der Waals surface area contributed by atoms with Gasteiger partial charge in [0.2, 0.25) is 0 Å². The Balaban J connectivity index is 2.27. The molecule has 0 unspecified atom stereocenters. The van der Waals surface area contributed by atoms with E-state index in [1.54, 1.807) is 18.2 Å². The van der Waals surface area contributed by atoms with E-state index < -0.39 is 0 Å². The van der Waals surface area contributed by atoms with Crippen molar-refractivity contribution in [2.24, 2.45) is 11.1 Å². The van der Waals surface area contributed by atoms with Crippen molar-refractivity contribution in [2.75, 3.05) is 19.8 Å². The van der Waals surface area contributed by atoms with Crippen molar-refractivity contribution in [3.63, 3.8) is 0 Å². The number of carbonyl (C=O) groups is 1. The van der Waals surface area contributed by atoms with E-state index in [4.69, 9.17) is 15.2 Å². The normalized spacial score (nSPS) is 15.9. The maximum atomic E-state index is 12.4. The van der Waals surface area contributed by atoms with E-state index in [1.807, 2.05) is 13.8 Å². The van der Waals surface area contributed by atoms with Crippen LogP contribution in [-0.2, 0) is 0 Å². The third-order valence-corrected chi connectivity index (χ3v) is 3.53. The molecule has 0 atom stereocenters. The molecule has 0 spiro atoms. The molecule has 2 rings (SSSR count). The predicted molar refractivity (Wildman–Crippen MR) is 73.8 cm³/mol. The molecule has 0 radical (unpaired) electrons. The van der Waals surface area contributed by atoms with Crippen LogP contribution in [0.3, 0.4) is 0 Å². The van der Waals surface area contributed by atoms with Crippen LogP contribution in [0.2, 0.25) is 0 Å². The van der Waals surface area contributed by atoms with E-state index in [-0.39, 0.29) is 11.2 Å². The van der Waals surface area contributed by atoms with Gasteiger partial charge in [-0.2, -0.15) is 0 Å². The van der Waals surface area contributed by atoms with Gasteiger partial charge in [0.05, 0.1) is 13.2 Å². The van der Waals surface area contributed by atoms with Crippen molar-refractivity contribution in [3.8, 4) is 11.5 Å². The summed E-state index contributed by atoms with van der Waals surface area (Å²) in [5.74, 6) is 1.43. The van der Waals surface area contributed by atoms with E-state index >= 15 is 0 Å². The van der Waals surface area contributed by atoms with Crippen LogP contribution in [0.1, 0.15) is 37.0 Å². The van der Waals surface area contributed by atoms with Crippen LogP contribution >= 0.6 is 0 Å². The molecule has 0 bridgehead atoms. The van der Waals surface area contributed by atoms with E-state index in [1.165, 1.54) is 0 Å². The van der Waals surface area contributed by atoms with Crippen molar-refractivity contribution in [1.29, 1.82) is 0 Å². The second-order valence-electron chi connectivity index (χ2n) is 4.84. The first-order chi connectivity index (χ1) is 9.16. The first-order valence-electron chi connectivity index (χ1n) is 6.81. The second kappa shape index (κ2) is 5.61. The molecule has 0 amide bonds. The molecular formula is C15H21NO3. The summed E-state index contributed by atoms with van der Waals surface area (Å²) in [7, 11) is 0. The summed E-state index contributed by atoms with van der Waals surface area (Å²) >= 11 is 0. The third kappa shape index (κ3) is 2.73. The highest BCUT2D eigenvalue weighted by molar-refractivity contribution is 6.02. The number of carbonyl (C=O) groups excluding carboxylic acids is 1. The zero-order chi connectivity index (χ0) is 13.9. The third-order valence-electron chi connectivity index (χ3n) is 3.53. The molecule has 1 aromatic rings. The van der Waals surface area contributed by atoms with Gasteiger partial charge in [-0.3, -0.25) is 4.79 Å². The molecule has 0 aliphatic heterocycles. The monoisotopic (exact) mass is 263 g/mol. The Labute approximate surface area is 113 Å². The van der Waals surface area contributed by atoms with Crippen molar-refractivity contribution < 1.29 is 14.3 Å². The Morgan fingerprint density at radius 3 is 2.37 bits per heavy atom. The lowest BCUT2D eigenvalue weighted by Crippen LogP contribution is -2.25. The Morgan fingerprint density at radius 2 is 1.84 bits per heavy atom. The van der Waals surface area contributed by atoms with Gasteiger partial charge in [0.25, 0.3) is 0 Å². The van der Waals surface area contributed by atoms with E-state index in [0.29, 0.717) is 36.8 Å². The first-order valence-corrected chi connectivity index (χ1v) is 6.81. The Bertz CT molecular complexity index is 466. The fourth-order valence-corrected chi connectivity index (χ4v) is 2.17. The van der Waals surface area contributed by atoms with Crippen LogP contribution in [0.25, 0.3) is 0 Å². The number of ether oxygens (including phenoxy) is 2. The standard InChI is InChI=1S/C15H21NO3/c1-3-18-12-6-5-11(9-13(12)19-4-2)14(17)15(10-16)7-8-15/h5-6,9H,3-4,7-8,10,16H2,1-2H3. The van der Waals surface area contributed by atoms with Crippen LogP contribution in [-0.4, -0.2) is 25.5 Å². The van der Waals surface area contributed by atoms with E-state index in [2.05, 4.69) is 0 Å². The van der Waals surface area contributed by atoms with Gasteiger partial charge in [-0.15, -0.1) is 0 Å². The molecule has 1 aliphatic rings. The second-order valence-corrected chi connectivity index (χ2v) is 4.84. The number of ketones is 1. The highest BCUT2D eigenvalue weighted by Gasteiger charge is 2.48. The lowest BCUT2D eigenvalue weighted by molar-refractivity contribution is 0.0905. The molecule has 4 nitrogen and oxygen atoms in total. The van der Waals surface area contributed by atoms with Gasteiger partial charge in [0.1, 0.15) is 0 Å². The maximum Gasteiger partial charge on any atom is 0.170 e. The number of nitrogens with two attached hydrogens (primary N) is 1. The molecule has 4 heteroatoms. The molecular weight excluding hydrogens is 242 g/mol. The van der Waals surface area contributed by atoms with Crippen molar-refractivity contribution in [2.45, 2.75) is 26.7 Å². The Hall–Kier alpha value is -1.55. The summed E-state index contributed by atoms with van der Waals surface area (Å²) in [6.45, 7) is 5.36. The van der Waals surface area contributed by atoms with Crippen LogP contribution in [0, 0.1) is 5.41 Å². The number of hydrogen-bond donors (Lipinski definition) is 1. The summed E-state index contributed by atoms with van der Waals surface area (Å²) in [5, 5.41) is 0. The zero-order valence-corrected chi connectivity index (χ0v) is 11.6.